The monoisotopic (exact) mass is 292 g/mol. The number of urea groups is 1. The second-order valence-electron chi connectivity index (χ2n) is 5.51. The Morgan fingerprint density at radius 3 is 2.24 bits per heavy atom. The number of nitrogens with one attached hydrogen (secondary N) is 2. The molecule has 116 valence electrons. The zero-order valence-electron chi connectivity index (χ0n) is 12.8. The summed E-state index contributed by atoms with van der Waals surface area (Å²) in [6.45, 7) is 5.82. The number of carbonyl (C=O) groups is 2. The average Bonchev–Trinajstić information content (AvgIpc) is 2.44. The summed E-state index contributed by atoms with van der Waals surface area (Å²) in [5.41, 5.74) is 1.01. The average molecular weight is 292 g/mol. The van der Waals surface area contributed by atoms with Gasteiger partial charge < -0.3 is 15.7 Å². The van der Waals surface area contributed by atoms with E-state index < -0.39 is 18.0 Å². The topological polar surface area (TPSA) is 78.4 Å². The van der Waals surface area contributed by atoms with Crippen LogP contribution in [0.5, 0.6) is 0 Å². The normalized spacial score (nSPS) is 13.5. The van der Waals surface area contributed by atoms with Gasteiger partial charge in [-0.1, -0.05) is 51.1 Å². The van der Waals surface area contributed by atoms with Gasteiger partial charge in [0.1, 0.15) is 6.04 Å². The lowest BCUT2D eigenvalue weighted by Crippen LogP contribution is -2.47. The molecule has 1 unspecified atom stereocenters. The van der Waals surface area contributed by atoms with Gasteiger partial charge in [-0.15, -0.1) is 0 Å². The van der Waals surface area contributed by atoms with Crippen LogP contribution in [-0.4, -0.2) is 23.1 Å². The van der Waals surface area contributed by atoms with Crippen LogP contribution in [0.3, 0.4) is 0 Å². The highest BCUT2D eigenvalue weighted by molar-refractivity contribution is 5.82. The summed E-state index contributed by atoms with van der Waals surface area (Å²) in [5.74, 6) is -0.811. The van der Waals surface area contributed by atoms with E-state index in [0.29, 0.717) is 6.42 Å². The molecule has 1 aromatic carbocycles. The fourth-order valence-electron chi connectivity index (χ4n) is 2.16. The van der Waals surface area contributed by atoms with E-state index in [1.807, 2.05) is 51.1 Å². The predicted molar refractivity (Wildman–Crippen MR) is 82.0 cm³/mol. The Bertz CT molecular complexity index is 460. The molecule has 0 saturated heterocycles. The Morgan fingerprint density at radius 1 is 1.14 bits per heavy atom. The first-order valence-electron chi connectivity index (χ1n) is 7.28. The molecule has 0 fully saturated rings. The molecule has 0 saturated carbocycles. The minimum atomic E-state index is -1.01. The Kier molecular flexibility index (Phi) is 6.72. The third-order valence-corrected chi connectivity index (χ3v) is 3.23. The van der Waals surface area contributed by atoms with Crippen molar-refractivity contribution in [2.75, 3.05) is 0 Å². The van der Waals surface area contributed by atoms with Crippen LogP contribution in [0.4, 0.5) is 4.79 Å². The van der Waals surface area contributed by atoms with E-state index in [1.165, 1.54) is 0 Å². The molecule has 0 aromatic heterocycles. The van der Waals surface area contributed by atoms with E-state index in [9.17, 15) is 9.59 Å². The van der Waals surface area contributed by atoms with Crippen LogP contribution in [0.15, 0.2) is 30.3 Å². The number of carboxylic acid groups (broad SMARTS) is 1. The Hall–Kier alpha value is -2.04. The largest absolute Gasteiger partial charge is 0.480 e. The van der Waals surface area contributed by atoms with Crippen molar-refractivity contribution in [3.63, 3.8) is 0 Å². The van der Waals surface area contributed by atoms with Crippen molar-refractivity contribution in [1.82, 2.24) is 10.6 Å². The molecule has 5 heteroatoms. The number of amides is 2. The van der Waals surface area contributed by atoms with Crippen LogP contribution in [0.2, 0.25) is 0 Å². The molecule has 0 aliphatic heterocycles. The first kappa shape index (κ1) is 17.0. The van der Waals surface area contributed by atoms with Crippen molar-refractivity contribution in [2.45, 2.75) is 45.7 Å². The van der Waals surface area contributed by atoms with Crippen LogP contribution in [-0.2, 0) is 4.79 Å². The maximum atomic E-state index is 12.0. The predicted octanol–water partition coefficient (Wildman–Crippen LogP) is 2.94. The third-order valence-electron chi connectivity index (χ3n) is 3.23. The molecule has 21 heavy (non-hydrogen) atoms. The highest BCUT2D eigenvalue weighted by atomic mass is 16.4. The van der Waals surface area contributed by atoms with Crippen LogP contribution < -0.4 is 10.6 Å². The highest BCUT2D eigenvalue weighted by Crippen LogP contribution is 2.15. The molecule has 0 aliphatic rings. The number of aliphatic carboxylic acids is 1. The second kappa shape index (κ2) is 8.29. The van der Waals surface area contributed by atoms with Gasteiger partial charge in [0.15, 0.2) is 0 Å². The zero-order valence-corrected chi connectivity index (χ0v) is 12.8. The van der Waals surface area contributed by atoms with E-state index in [-0.39, 0.29) is 12.0 Å². The maximum absolute atomic E-state index is 12.0. The number of hydrogen-bond donors (Lipinski definition) is 3. The molecule has 2 amide bonds. The summed E-state index contributed by atoms with van der Waals surface area (Å²) >= 11 is 0. The van der Waals surface area contributed by atoms with E-state index in [4.69, 9.17) is 5.11 Å². The molecule has 2 atom stereocenters. The van der Waals surface area contributed by atoms with Crippen molar-refractivity contribution in [3.8, 4) is 0 Å². The first-order chi connectivity index (χ1) is 9.93. The summed E-state index contributed by atoms with van der Waals surface area (Å²) in [6.07, 6.45) is 1.14. The van der Waals surface area contributed by atoms with Gasteiger partial charge in [0, 0.05) is 0 Å². The molecular formula is C16H24N2O3. The van der Waals surface area contributed by atoms with Crippen molar-refractivity contribution in [3.05, 3.63) is 35.9 Å². The van der Waals surface area contributed by atoms with Crippen LogP contribution >= 0.6 is 0 Å². The fourth-order valence-corrected chi connectivity index (χ4v) is 2.16. The number of benzene rings is 1. The van der Waals surface area contributed by atoms with E-state index in [0.717, 1.165) is 12.0 Å². The quantitative estimate of drug-likeness (QED) is 0.723. The van der Waals surface area contributed by atoms with Gasteiger partial charge in [-0.3, -0.25) is 0 Å². The minimum absolute atomic E-state index is 0.125. The SMILES string of the molecule is CCC(NC(=O)N[C@@H](CC(C)C)C(=O)O)c1ccccc1. The van der Waals surface area contributed by atoms with Crippen molar-refractivity contribution in [1.29, 1.82) is 0 Å². The van der Waals surface area contributed by atoms with Gasteiger partial charge in [0.05, 0.1) is 6.04 Å². The summed E-state index contributed by atoms with van der Waals surface area (Å²) < 4.78 is 0. The van der Waals surface area contributed by atoms with Crippen molar-refractivity contribution < 1.29 is 14.7 Å². The Labute approximate surface area is 125 Å². The lowest BCUT2D eigenvalue weighted by atomic mass is 10.0. The lowest BCUT2D eigenvalue weighted by Gasteiger charge is -2.21. The lowest BCUT2D eigenvalue weighted by molar-refractivity contribution is -0.139. The highest BCUT2D eigenvalue weighted by Gasteiger charge is 2.22. The minimum Gasteiger partial charge on any atom is -0.480 e. The van der Waals surface area contributed by atoms with Crippen LogP contribution in [0.1, 0.15) is 45.2 Å². The molecule has 5 nitrogen and oxygen atoms in total. The van der Waals surface area contributed by atoms with Crippen molar-refractivity contribution >= 4 is 12.0 Å². The Balaban J connectivity index is 2.64. The molecule has 0 heterocycles. The Morgan fingerprint density at radius 2 is 1.76 bits per heavy atom. The molecule has 1 aromatic rings. The molecule has 0 spiro atoms. The van der Waals surface area contributed by atoms with Gasteiger partial charge in [0.2, 0.25) is 0 Å². The second-order valence-corrected chi connectivity index (χ2v) is 5.51. The van der Waals surface area contributed by atoms with Gasteiger partial charge >= 0.3 is 12.0 Å². The number of carbonyl (C=O) groups excluding carboxylic acids is 1. The summed E-state index contributed by atoms with van der Waals surface area (Å²) in [7, 11) is 0. The maximum Gasteiger partial charge on any atom is 0.326 e. The molecule has 0 aliphatic carbocycles. The number of rotatable bonds is 7. The molecule has 0 bridgehead atoms. The standard InChI is InChI=1S/C16H24N2O3/c1-4-13(12-8-6-5-7-9-12)17-16(21)18-14(15(19)20)10-11(2)3/h5-9,11,13-14H,4,10H2,1-3H3,(H,19,20)(H2,17,18,21)/t13?,14-/m0/s1. The smallest absolute Gasteiger partial charge is 0.326 e. The number of carboxylic acids is 1. The molecular weight excluding hydrogens is 268 g/mol. The van der Waals surface area contributed by atoms with E-state index >= 15 is 0 Å². The van der Waals surface area contributed by atoms with Crippen LogP contribution in [0.25, 0.3) is 0 Å². The summed E-state index contributed by atoms with van der Waals surface area (Å²) in [6, 6.07) is 8.19. The molecule has 0 radical (unpaired) electrons. The van der Waals surface area contributed by atoms with Crippen LogP contribution in [0, 0.1) is 5.92 Å². The summed E-state index contributed by atoms with van der Waals surface area (Å²) in [4.78, 5) is 23.1. The van der Waals surface area contributed by atoms with Gasteiger partial charge in [-0.05, 0) is 24.3 Å². The van der Waals surface area contributed by atoms with Crippen molar-refractivity contribution in [2.24, 2.45) is 5.92 Å². The summed E-state index contributed by atoms with van der Waals surface area (Å²) in [5, 5.41) is 14.5. The first-order valence-corrected chi connectivity index (χ1v) is 7.28. The van der Waals surface area contributed by atoms with E-state index in [2.05, 4.69) is 10.6 Å². The zero-order chi connectivity index (χ0) is 15.8. The van der Waals surface area contributed by atoms with E-state index in [1.54, 1.807) is 0 Å². The van der Waals surface area contributed by atoms with Gasteiger partial charge in [-0.2, -0.15) is 0 Å². The number of hydrogen-bond acceptors (Lipinski definition) is 2. The van der Waals surface area contributed by atoms with Gasteiger partial charge in [0.25, 0.3) is 0 Å². The fraction of sp³-hybridized carbons (Fsp3) is 0.500. The molecule has 1 rings (SSSR count). The van der Waals surface area contributed by atoms with Gasteiger partial charge in [-0.25, -0.2) is 9.59 Å². The molecule has 3 N–H and O–H groups in total. The third kappa shape index (κ3) is 5.85.